The van der Waals surface area contributed by atoms with E-state index in [2.05, 4.69) is 26.6 Å². The van der Waals surface area contributed by atoms with Crippen molar-refractivity contribution in [2.45, 2.75) is 77.4 Å². The topological polar surface area (TPSA) is 201 Å². The van der Waals surface area contributed by atoms with Crippen molar-refractivity contribution in [2.75, 3.05) is 26.2 Å². The highest BCUT2D eigenvalue weighted by atomic mass is 16.6. The molecule has 0 radical (unpaired) electrons. The highest BCUT2D eigenvalue weighted by Crippen LogP contribution is 2.45. The van der Waals surface area contributed by atoms with E-state index in [1.54, 1.807) is 24.0 Å². The maximum absolute atomic E-state index is 13.6. The van der Waals surface area contributed by atoms with Crippen LogP contribution in [0.4, 0.5) is 4.79 Å². The molecule has 0 saturated carbocycles. The lowest BCUT2D eigenvalue weighted by Crippen LogP contribution is -2.47. The first-order valence-corrected chi connectivity index (χ1v) is 21.5. The molecule has 6 aromatic rings. The van der Waals surface area contributed by atoms with Crippen LogP contribution in [0.3, 0.4) is 0 Å². The van der Waals surface area contributed by atoms with Crippen LogP contribution in [0.25, 0.3) is 44.7 Å². The Balaban J connectivity index is 0.849. The third kappa shape index (κ3) is 6.36. The molecular weight excluding hydrogens is 805 g/mol. The molecule has 3 aromatic carbocycles. The van der Waals surface area contributed by atoms with E-state index >= 15 is 0 Å². The number of imidazole rings is 1. The molecule has 4 aliphatic rings. The van der Waals surface area contributed by atoms with Crippen LogP contribution >= 0.6 is 0 Å². The second-order valence-electron chi connectivity index (χ2n) is 17.2. The molecular formula is C47H48N8O8. The van der Waals surface area contributed by atoms with Gasteiger partial charge in [0.05, 0.1) is 39.2 Å². The number of amides is 1. The van der Waals surface area contributed by atoms with Crippen LogP contribution in [0.5, 0.6) is 23.3 Å². The summed E-state index contributed by atoms with van der Waals surface area (Å²) in [6.07, 6.45) is 3.81. The van der Waals surface area contributed by atoms with Crippen molar-refractivity contribution in [1.29, 1.82) is 0 Å². The van der Waals surface area contributed by atoms with E-state index in [9.17, 15) is 30.0 Å². The smallest absolute Gasteiger partial charge is 0.415 e. The number of pyridine rings is 1. The molecule has 0 aliphatic carbocycles. The SMILES string of the molecule is CCc1c2c(nc3ccc(OC(=O)N4CCC(c5nc6cc(-n7c(O)nnc7-c7cc(C(C)C)c(O)cc7O)ccc6n5C)CC4)cc13)C1=CC3=C(COC(=O)C3(O)CC)CN1C2. The molecule has 4 N–H and O–H groups in total. The molecule has 16 nitrogen and oxygen atoms in total. The number of aryl methyl sites for hydroxylation is 2. The highest BCUT2D eigenvalue weighted by Gasteiger charge is 2.47. The van der Waals surface area contributed by atoms with E-state index in [4.69, 9.17) is 19.4 Å². The standard InChI is InChI=1S/C47H48N8O8/c1-6-29-31-17-28(9-10-35(31)48-41-33(29)22-54-21-26-23-62-44(58)47(61,7-2)34(26)19-38(41)54)63-46(60)53-14-12-25(13-15-53)42-49-36-16-27(8-11-37(36)52(42)5)55-43(50-51-45(55)59)32-18-30(24(3)4)39(56)20-40(32)57/h8-11,16-20,24-25,56-57,61H,6-7,12-15,21-23H2,1-5H3,(H,51,59). The number of likely N-dealkylation sites (tertiary alicyclic amines) is 1. The summed E-state index contributed by atoms with van der Waals surface area (Å²) >= 11 is 0. The summed E-state index contributed by atoms with van der Waals surface area (Å²) in [5.74, 6) is 0.754. The normalized spacial score (nSPS) is 18.8. The first-order chi connectivity index (χ1) is 30.3. The van der Waals surface area contributed by atoms with Gasteiger partial charge in [-0.05, 0) is 96.8 Å². The van der Waals surface area contributed by atoms with Crippen molar-refractivity contribution in [1.82, 2.24) is 39.1 Å². The zero-order valence-electron chi connectivity index (χ0n) is 35.7. The molecule has 0 bridgehead atoms. The Labute approximate surface area is 362 Å². The first kappa shape index (κ1) is 40.2. The number of esters is 1. The number of nitrogens with zero attached hydrogens (tertiary/aromatic N) is 8. The number of benzene rings is 3. The lowest BCUT2D eigenvalue weighted by Gasteiger charge is -2.37. The molecule has 10 rings (SSSR count). The van der Waals surface area contributed by atoms with Crippen LogP contribution in [-0.4, -0.2) is 103 Å². The summed E-state index contributed by atoms with van der Waals surface area (Å²) in [4.78, 5) is 40.3. The van der Waals surface area contributed by atoms with Gasteiger partial charge in [0, 0.05) is 61.7 Å². The third-order valence-corrected chi connectivity index (χ3v) is 13.3. The van der Waals surface area contributed by atoms with Crippen LogP contribution in [0, 0.1) is 0 Å². The van der Waals surface area contributed by atoms with Crippen molar-refractivity contribution in [3.05, 3.63) is 94.0 Å². The van der Waals surface area contributed by atoms with Gasteiger partial charge < -0.3 is 44.3 Å². The largest absolute Gasteiger partial charge is 0.508 e. The Morgan fingerprint density at radius 3 is 2.51 bits per heavy atom. The lowest BCUT2D eigenvalue weighted by molar-refractivity contribution is -0.163. The van der Waals surface area contributed by atoms with Crippen LogP contribution in [0.15, 0.2) is 65.8 Å². The van der Waals surface area contributed by atoms with Crippen LogP contribution in [0.2, 0.25) is 0 Å². The molecule has 1 saturated heterocycles. The zero-order valence-corrected chi connectivity index (χ0v) is 35.7. The number of ether oxygens (including phenoxy) is 2. The fourth-order valence-corrected chi connectivity index (χ4v) is 9.85. The van der Waals surface area contributed by atoms with Gasteiger partial charge in [-0.15, -0.1) is 5.10 Å². The highest BCUT2D eigenvalue weighted by molar-refractivity contribution is 5.92. The number of aromatic hydroxyl groups is 3. The summed E-state index contributed by atoms with van der Waals surface area (Å²) in [5.41, 5.74) is 7.62. The van der Waals surface area contributed by atoms with Crippen molar-refractivity contribution in [3.63, 3.8) is 0 Å². The van der Waals surface area contributed by atoms with Gasteiger partial charge in [-0.2, -0.15) is 0 Å². The van der Waals surface area contributed by atoms with E-state index in [-0.39, 0.29) is 48.2 Å². The first-order valence-electron chi connectivity index (χ1n) is 21.5. The van der Waals surface area contributed by atoms with E-state index in [1.807, 2.05) is 57.3 Å². The number of piperidine rings is 1. The van der Waals surface area contributed by atoms with E-state index in [0.29, 0.717) is 72.7 Å². The summed E-state index contributed by atoms with van der Waals surface area (Å²) in [5, 5.41) is 52.3. The molecule has 3 aromatic heterocycles. The summed E-state index contributed by atoms with van der Waals surface area (Å²) in [6.45, 7) is 10.0. The number of carbonyl (C=O) groups excluding carboxylic acids is 2. The van der Waals surface area contributed by atoms with Crippen molar-refractivity contribution in [3.8, 4) is 40.3 Å². The van der Waals surface area contributed by atoms with Gasteiger partial charge in [-0.25, -0.2) is 24.1 Å². The minimum Gasteiger partial charge on any atom is -0.508 e. The Morgan fingerprint density at radius 2 is 1.76 bits per heavy atom. The number of cyclic esters (lactones) is 1. The molecule has 1 atom stereocenters. The number of phenolic OH excluding ortho intramolecular Hbond substituents is 2. The molecule has 324 valence electrons. The number of aromatic nitrogens is 6. The second-order valence-corrected chi connectivity index (χ2v) is 17.2. The number of phenols is 2. The minimum absolute atomic E-state index is 0.0268. The molecule has 1 fully saturated rings. The third-order valence-electron chi connectivity index (χ3n) is 13.3. The molecule has 1 amide bonds. The van der Waals surface area contributed by atoms with Gasteiger partial charge >= 0.3 is 18.1 Å². The van der Waals surface area contributed by atoms with Gasteiger partial charge in [0.25, 0.3) is 0 Å². The van der Waals surface area contributed by atoms with Gasteiger partial charge in [0.1, 0.15) is 29.7 Å². The summed E-state index contributed by atoms with van der Waals surface area (Å²) < 4.78 is 14.9. The fraction of sp³-hybridized carbons (Fsp3) is 0.362. The van der Waals surface area contributed by atoms with Crippen molar-refractivity contribution >= 4 is 39.7 Å². The molecule has 7 heterocycles. The average Bonchev–Trinajstić information content (AvgIpc) is 3.94. The summed E-state index contributed by atoms with van der Waals surface area (Å²) in [6, 6.07) is 13.7. The van der Waals surface area contributed by atoms with E-state index in [1.165, 1.54) is 10.6 Å². The van der Waals surface area contributed by atoms with Gasteiger partial charge in [-0.3, -0.25) is 0 Å². The molecule has 63 heavy (non-hydrogen) atoms. The monoisotopic (exact) mass is 852 g/mol. The lowest BCUT2D eigenvalue weighted by atomic mass is 9.83. The minimum atomic E-state index is -1.67. The van der Waals surface area contributed by atoms with Crippen LogP contribution < -0.4 is 4.74 Å². The quantitative estimate of drug-likeness (QED) is 0.124. The number of fused-ring (bicyclic) bond motifs is 5. The molecule has 16 heteroatoms. The molecule has 4 aliphatic heterocycles. The molecule has 0 spiro atoms. The summed E-state index contributed by atoms with van der Waals surface area (Å²) in [7, 11) is 1.97. The van der Waals surface area contributed by atoms with Gasteiger partial charge in [0.2, 0.25) is 0 Å². The Hall–Kier alpha value is -6.94. The van der Waals surface area contributed by atoms with Crippen molar-refractivity contribution in [2.24, 2.45) is 7.05 Å². The maximum atomic E-state index is 13.6. The number of carbonyl (C=O) groups is 2. The van der Waals surface area contributed by atoms with Gasteiger partial charge in [-0.1, -0.05) is 32.8 Å². The Kier molecular flexibility index (Phi) is 9.47. The van der Waals surface area contributed by atoms with Crippen LogP contribution in [-0.2, 0) is 29.5 Å². The number of hydrogen-bond donors (Lipinski definition) is 4. The fourth-order valence-electron chi connectivity index (χ4n) is 9.85. The number of hydrogen-bond acceptors (Lipinski definition) is 13. The predicted molar refractivity (Wildman–Crippen MR) is 232 cm³/mol. The Morgan fingerprint density at radius 1 is 0.968 bits per heavy atom. The Bertz CT molecular complexity index is 2980. The van der Waals surface area contributed by atoms with Crippen molar-refractivity contribution < 1.29 is 39.5 Å². The second kappa shape index (κ2) is 14.9. The van der Waals surface area contributed by atoms with Crippen LogP contribution in [0.1, 0.15) is 87.0 Å². The zero-order chi connectivity index (χ0) is 44.1. The van der Waals surface area contributed by atoms with E-state index < -0.39 is 17.7 Å². The maximum Gasteiger partial charge on any atom is 0.415 e. The molecule has 1 unspecified atom stereocenters. The van der Waals surface area contributed by atoms with E-state index in [0.717, 1.165) is 56.8 Å². The predicted octanol–water partition coefficient (Wildman–Crippen LogP) is 6.71. The average molecular weight is 853 g/mol. The number of aliphatic hydroxyl groups is 1. The number of rotatable bonds is 7. The van der Waals surface area contributed by atoms with Gasteiger partial charge in [0.15, 0.2) is 11.4 Å².